The van der Waals surface area contributed by atoms with Crippen molar-refractivity contribution >= 4 is 17.5 Å². The number of phenols is 1. The topological polar surface area (TPSA) is 110 Å². The first-order chi connectivity index (χ1) is 7.02. The maximum atomic E-state index is 11.2. The summed E-state index contributed by atoms with van der Waals surface area (Å²) in [4.78, 5) is 31.9. The first-order valence-corrected chi connectivity index (χ1v) is 3.88. The van der Waals surface area contributed by atoms with Gasteiger partial charge in [0.05, 0.1) is 10.5 Å². The molecule has 0 bridgehead atoms. The highest BCUT2D eigenvalue weighted by molar-refractivity contribution is 6.23. The SMILES string of the molecule is O=C1NC(=O)c2c1ccc([N+](=O)[O-])c2O. The van der Waals surface area contributed by atoms with Crippen molar-refractivity contribution in [2.24, 2.45) is 0 Å². The van der Waals surface area contributed by atoms with Crippen LogP contribution in [-0.4, -0.2) is 21.8 Å². The number of fused-ring (bicyclic) bond motifs is 1. The van der Waals surface area contributed by atoms with Crippen LogP contribution in [-0.2, 0) is 0 Å². The molecule has 1 aliphatic rings. The van der Waals surface area contributed by atoms with Gasteiger partial charge in [-0.15, -0.1) is 0 Å². The third kappa shape index (κ3) is 1.13. The minimum atomic E-state index is -0.828. The molecule has 7 heteroatoms. The number of phenolic OH excluding ortho intramolecular Hbond substituents is 1. The number of carbonyl (C=O) groups is 2. The van der Waals surface area contributed by atoms with Crippen LogP contribution in [0.4, 0.5) is 5.69 Å². The Bertz CT molecular complexity index is 508. The summed E-state index contributed by atoms with van der Waals surface area (Å²) in [6.45, 7) is 0. The van der Waals surface area contributed by atoms with Crippen molar-refractivity contribution in [3.8, 4) is 5.75 Å². The zero-order chi connectivity index (χ0) is 11.2. The summed E-state index contributed by atoms with van der Waals surface area (Å²) in [7, 11) is 0. The smallest absolute Gasteiger partial charge is 0.311 e. The van der Waals surface area contributed by atoms with Gasteiger partial charge in [-0.1, -0.05) is 0 Å². The number of amides is 2. The van der Waals surface area contributed by atoms with E-state index in [2.05, 4.69) is 0 Å². The zero-order valence-corrected chi connectivity index (χ0v) is 7.18. The maximum absolute atomic E-state index is 11.2. The molecule has 0 unspecified atom stereocenters. The maximum Gasteiger partial charge on any atom is 0.311 e. The highest BCUT2D eigenvalue weighted by atomic mass is 16.6. The fourth-order valence-corrected chi connectivity index (χ4v) is 1.38. The van der Waals surface area contributed by atoms with E-state index in [1.807, 2.05) is 5.32 Å². The molecule has 0 saturated heterocycles. The van der Waals surface area contributed by atoms with Crippen molar-refractivity contribution in [3.63, 3.8) is 0 Å². The van der Waals surface area contributed by atoms with Crippen LogP contribution in [0.1, 0.15) is 20.7 Å². The molecule has 7 nitrogen and oxygen atoms in total. The van der Waals surface area contributed by atoms with Gasteiger partial charge in [0.1, 0.15) is 5.56 Å². The van der Waals surface area contributed by atoms with E-state index < -0.39 is 28.2 Å². The van der Waals surface area contributed by atoms with Crippen molar-refractivity contribution in [1.29, 1.82) is 0 Å². The van der Waals surface area contributed by atoms with E-state index in [0.29, 0.717) is 0 Å². The Morgan fingerprint density at radius 2 is 1.93 bits per heavy atom. The van der Waals surface area contributed by atoms with Crippen molar-refractivity contribution in [3.05, 3.63) is 33.4 Å². The number of rotatable bonds is 1. The van der Waals surface area contributed by atoms with E-state index in [4.69, 9.17) is 0 Å². The molecule has 0 saturated carbocycles. The van der Waals surface area contributed by atoms with Crippen LogP contribution >= 0.6 is 0 Å². The number of nitro groups is 1. The lowest BCUT2D eigenvalue weighted by Crippen LogP contribution is -2.19. The number of aromatic hydroxyl groups is 1. The molecule has 76 valence electrons. The van der Waals surface area contributed by atoms with Gasteiger partial charge in [0.25, 0.3) is 11.8 Å². The molecule has 0 atom stereocenters. The summed E-state index contributed by atoms with van der Waals surface area (Å²) < 4.78 is 0. The van der Waals surface area contributed by atoms with Gasteiger partial charge in [0.15, 0.2) is 0 Å². The largest absolute Gasteiger partial charge is 0.502 e. The zero-order valence-electron chi connectivity index (χ0n) is 7.18. The van der Waals surface area contributed by atoms with Gasteiger partial charge >= 0.3 is 5.69 Å². The minimum absolute atomic E-state index is 0.0527. The molecule has 15 heavy (non-hydrogen) atoms. The summed E-state index contributed by atoms with van der Waals surface area (Å²) in [5.74, 6) is -2.27. The standard InChI is InChI=1S/C8H4N2O5/c11-6-4(10(14)15)2-1-3-5(6)8(13)9-7(3)12/h1-2,11H,(H,9,12,13). The molecule has 1 aromatic rings. The van der Waals surface area contributed by atoms with E-state index in [1.54, 1.807) is 0 Å². The molecule has 0 spiro atoms. The van der Waals surface area contributed by atoms with E-state index in [1.165, 1.54) is 0 Å². The Kier molecular flexibility index (Phi) is 1.69. The number of benzene rings is 1. The number of hydrogen-bond donors (Lipinski definition) is 2. The van der Waals surface area contributed by atoms with Crippen molar-refractivity contribution in [2.75, 3.05) is 0 Å². The summed E-state index contributed by atoms with van der Waals surface area (Å²) in [6.07, 6.45) is 0. The molecule has 0 aliphatic carbocycles. The molecule has 2 N–H and O–H groups in total. The van der Waals surface area contributed by atoms with Crippen LogP contribution in [0.3, 0.4) is 0 Å². The van der Waals surface area contributed by atoms with Crippen molar-refractivity contribution < 1.29 is 19.6 Å². The highest BCUT2D eigenvalue weighted by Crippen LogP contribution is 2.34. The normalized spacial score (nSPS) is 13.6. The van der Waals surface area contributed by atoms with Crippen LogP contribution in [0.25, 0.3) is 0 Å². The number of hydrogen-bond acceptors (Lipinski definition) is 5. The van der Waals surface area contributed by atoms with Gasteiger partial charge in [-0.25, -0.2) is 0 Å². The molecule has 2 rings (SSSR count). The number of nitrogens with one attached hydrogen (secondary N) is 1. The van der Waals surface area contributed by atoms with E-state index in [-0.39, 0.29) is 11.1 Å². The molecule has 2 amide bonds. The van der Waals surface area contributed by atoms with E-state index in [0.717, 1.165) is 12.1 Å². The Labute approximate surface area is 82.5 Å². The van der Waals surface area contributed by atoms with Crippen molar-refractivity contribution in [1.82, 2.24) is 5.32 Å². The lowest BCUT2D eigenvalue weighted by molar-refractivity contribution is -0.385. The molecule has 0 aromatic heterocycles. The van der Waals surface area contributed by atoms with Crippen LogP contribution in [0.2, 0.25) is 0 Å². The van der Waals surface area contributed by atoms with Crippen molar-refractivity contribution in [2.45, 2.75) is 0 Å². The minimum Gasteiger partial charge on any atom is -0.502 e. The molecular weight excluding hydrogens is 204 g/mol. The molecule has 0 fully saturated rings. The van der Waals surface area contributed by atoms with Gasteiger partial charge in [-0.05, 0) is 6.07 Å². The number of nitrogens with zero attached hydrogens (tertiary/aromatic N) is 1. The highest BCUT2D eigenvalue weighted by Gasteiger charge is 2.33. The molecule has 0 radical (unpaired) electrons. The monoisotopic (exact) mass is 208 g/mol. The van der Waals surface area contributed by atoms with Crippen LogP contribution in [0, 0.1) is 10.1 Å². The van der Waals surface area contributed by atoms with Crippen LogP contribution < -0.4 is 5.32 Å². The van der Waals surface area contributed by atoms with E-state index >= 15 is 0 Å². The van der Waals surface area contributed by atoms with Crippen LogP contribution in [0.15, 0.2) is 12.1 Å². The molecular formula is C8H4N2O5. The second kappa shape index (κ2) is 2.77. The summed E-state index contributed by atoms with van der Waals surface area (Å²) in [5.41, 5.74) is -0.990. The average Bonchev–Trinajstić information content (AvgIpc) is 2.43. The Balaban J connectivity index is 2.74. The molecule has 1 aromatic carbocycles. The van der Waals surface area contributed by atoms with Gasteiger partial charge < -0.3 is 5.11 Å². The first kappa shape index (κ1) is 9.13. The quantitative estimate of drug-likeness (QED) is 0.388. The lowest BCUT2D eigenvalue weighted by atomic mass is 10.1. The third-order valence-corrected chi connectivity index (χ3v) is 2.05. The van der Waals surface area contributed by atoms with E-state index in [9.17, 15) is 24.8 Å². The average molecular weight is 208 g/mol. The first-order valence-electron chi connectivity index (χ1n) is 3.88. The van der Waals surface area contributed by atoms with Gasteiger partial charge in [-0.3, -0.25) is 25.0 Å². The lowest BCUT2D eigenvalue weighted by Gasteiger charge is -1.99. The fourth-order valence-electron chi connectivity index (χ4n) is 1.38. The number of nitro benzene ring substituents is 1. The predicted octanol–water partition coefficient (Wildman–Crippen LogP) is 0.184. The Morgan fingerprint density at radius 3 is 2.53 bits per heavy atom. The second-order valence-corrected chi connectivity index (χ2v) is 2.90. The number of carbonyl (C=O) groups excluding carboxylic acids is 2. The summed E-state index contributed by atoms with van der Waals surface area (Å²) in [6, 6.07) is 2.11. The summed E-state index contributed by atoms with van der Waals surface area (Å²) >= 11 is 0. The predicted molar refractivity (Wildman–Crippen MR) is 46.6 cm³/mol. The molecule has 1 heterocycles. The Hall–Kier alpha value is -2.44. The third-order valence-electron chi connectivity index (χ3n) is 2.05. The van der Waals surface area contributed by atoms with Gasteiger partial charge in [0, 0.05) is 6.07 Å². The summed E-state index contributed by atoms with van der Waals surface area (Å²) in [5, 5.41) is 21.8. The fraction of sp³-hybridized carbons (Fsp3) is 0. The second-order valence-electron chi connectivity index (χ2n) is 2.90. The Morgan fingerprint density at radius 1 is 1.27 bits per heavy atom. The van der Waals surface area contributed by atoms with Gasteiger partial charge in [0.2, 0.25) is 5.75 Å². The molecule has 1 aliphatic heterocycles. The van der Waals surface area contributed by atoms with Crippen LogP contribution in [0.5, 0.6) is 5.75 Å². The number of imide groups is 1. The van der Waals surface area contributed by atoms with Gasteiger partial charge in [-0.2, -0.15) is 0 Å².